The third-order valence-electron chi connectivity index (χ3n) is 3.08. The smallest absolute Gasteiger partial charge is 0.255 e. The number of hydrogen-bond acceptors (Lipinski definition) is 5. The van der Waals surface area contributed by atoms with E-state index in [2.05, 4.69) is 22.1 Å². The summed E-state index contributed by atoms with van der Waals surface area (Å²) in [5, 5.41) is 7.62. The van der Waals surface area contributed by atoms with E-state index in [1.165, 1.54) is 6.07 Å². The van der Waals surface area contributed by atoms with E-state index in [0.29, 0.717) is 17.1 Å². The van der Waals surface area contributed by atoms with Crippen LogP contribution in [0.15, 0.2) is 24.3 Å². The van der Waals surface area contributed by atoms with Crippen molar-refractivity contribution >= 4 is 5.95 Å². The summed E-state index contributed by atoms with van der Waals surface area (Å²) in [6.45, 7) is 2.22. The number of rotatable bonds is 7. The van der Waals surface area contributed by atoms with Crippen molar-refractivity contribution in [2.45, 2.75) is 39.2 Å². The Hall–Kier alpha value is -2.24. The molecule has 2 aromatic rings. The van der Waals surface area contributed by atoms with Crippen molar-refractivity contribution in [3.63, 3.8) is 0 Å². The summed E-state index contributed by atoms with van der Waals surface area (Å²) in [5.41, 5.74) is 6.70. The number of hydrogen-bond donors (Lipinski definition) is 1. The van der Waals surface area contributed by atoms with Crippen LogP contribution in [-0.2, 0) is 13.0 Å². The molecule has 0 spiro atoms. The van der Waals surface area contributed by atoms with Crippen LogP contribution in [0.5, 0.6) is 5.88 Å². The van der Waals surface area contributed by atoms with Crippen LogP contribution in [0, 0.1) is 5.82 Å². The minimum atomic E-state index is -0.304. The van der Waals surface area contributed by atoms with Crippen LogP contribution in [0.1, 0.15) is 37.4 Å². The van der Waals surface area contributed by atoms with Gasteiger partial charge < -0.3 is 10.5 Å². The fourth-order valence-corrected chi connectivity index (χ4v) is 1.94. The van der Waals surface area contributed by atoms with E-state index in [1.807, 2.05) is 0 Å². The van der Waals surface area contributed by atoms with E-state index in [9.17, 15) is 4.39 Å². The molecular weight excluding hydrogens is 271 g/mol. The summed E-state index contributed by atoms with van der Waals surface area (Å²) < 4.78 is 19.1. The van der Waals surface area contributed by atoms with Crippen LogP contribution < -0.4 is 10.5 Å². The molecule has 2 rings (SSSR count). The van der Waals surface area contributed by atoms with Gasteiger partial charge in [-0.2, -0.15) is 0 Å². The lowest BCUT2D eigenvalue weighted by Gasteiger charge is -2.09. The highest BCUT2D eigenvalue weighted by Crippen LogP contribution is 2.18. The van der Waals surface area contributed by atoms with Gasteiger partial charge in [-0.15, -0.1) is 10.2 Å². The Balaban J connectivity index is 2.06. The van der Waals surface area contributed by atoms with Gasteiger partial charge in [0.25, 0.3) is 5.88 Å². The lowest BCUT2D eigenvalue weighted by Crippen LogP contribution is -2.08. The molecule has 1 aromatic heterocycles. The van der Waals surface area contributed by atoms with Gasteiger partial charge in [-0.3, -0.25) is 0 Å². The molecule has 112 valence electrons. The summed E-state index contributed by atoms with van der Waals surface area (Å²) in [5.74, 6) is 0.143. The van der Waals surface area contributed by atoms with Gasteiger partial charge in [0.2, 0.25) is 5.95 Å². The Bertz CT molecular complexity index is 592. The Kier molecular flexibility index (Phi) is 5.43. The molecule has 21 heavy (non-hydrogen) atoms. The maximum absolute atomic E-state index is 13.6. The van der Waals surface area contributed by atoms with Crippen molar-refractivity contribution in [3.05, 3.63) is 41.3 Å². The normalized spacial score (nSPS) is 10.6. The fourth-order valence-electron chi connectivity index (χ4n) is 1.94. The highest BCUT2D eigenvalue weighted by atomic mass is 19.1. The van der Waals surface area contributed by atoms with E-state index in [1.54, 1.807) is 18.2 Å². The van der Waals surface area contributed by atoms with Crippen molar-refractivity contribution in [3.8, 4) is 5.88 Å². The number of nitrogens with zero attached hydrogens (tertiary/aromatic N) is 3. The second-order valence-corrected chi connectivity index (χ2v) is 4.76. The lowest BCUT2D eigenvalue weighted by molar-refractivity contribution is 0.279. The predicted molar refractivity (Wildman–Crippen MR) is 78.2 cm³/mol. The minimum Gasteiger partial charge on any atom is -0.470 e. The topological polar surface area (TPSA) is 73.9 Å². The number of nitrogen functional groups attached to an aromatic ring is 1. The molecule has 1 heterocycles. The molecule has 2 N–H and O–H groups in total. The van der Waals surface area contributed by atoms with E-state index >= 15 is 0 Å². The molecule has 1 aromatic carbocycles. The van der Waals surface area contributed by atoms with Gasteiger partial charge in [0.15, 0.2) is 0 Å². The van der Waals surface area contributed by atoms with E-state index in [-0.39, 0.29) is 18.4 Å². The molecule has 0 fully saturated rings. The van der Waals surface area contributed by atoms with Crippen LogP contribution in [0.4, 0.5) is 10.3 Å². The molecule has 0 atom stereocenters. The standard InChI is InChI=1S/C15H19FN4O/c1-2-3-4-9-13-14(19-20-15(17)18-13)21-10-11-7-5-6-8-12(11)16/h5-8H,2-4,9-10H2,1H3,(H2,17,18,20). The third kappa shape index (κ3) is 4.37. The van der Waals surface area contributed by atoms with Gasteiger partial charge in [0.1, 0.15) is 18.1 Å². The van der Waals surface area contributed by atoms with Gasteiger partial charge in [-0.1, -0.05) is 38.0 Å². The van der Waals surface area contributed by atoms with Gasteiger partial charge in [-0.05, 0) is 18.9 Å². The van der Waals surface area contributed by atoms with Crippen LogP contribution in [0.3, 0.4) is 0 Å². The molecule has 0 bridgehead atoms. The van der Waals surface area contributed by atoms with Crippen LogP contribution in [0.2, 0.25) is 0 Å². The molecule has 0 aliphatic rings. The molecule has 0 saturated heterocycles. The average molecular weight is 290 g/mol. The van der Waals surface area contributed by atoms with Crippen molar-refractivity contribution in [2.24, 2.45) is 0 Å². The fraction of sp³-hybridized carbons (Fsp3) is 0.400. The van der Waals surface area contributed by atoms with E-state index < -0.39 is 0 Å². The van der Waals surface area contributed by atoms with Gasteiger partial charge in [0, 0.05) is 5.56 Å². The van der Waals surface area contributed by atoms with Crippen LogP contribution in [-0.4, -0.2) is 15.2 Å². The number of halogens is 1. The number of benzene rings is 1. The zero-order chi connectivity index (χ0) is 15.1. The van der Waals surface area contributed by atoms with Crippen molar-refractivity contribution in [1.29, 1.82) is 0 Å². The summed E-state index contributed by atoms with van der Waals surface area (Å²) in [7, 11) is 0. The number of ether oxygens (including phenoxy) is 1. The lowest BCUT2D eigenvalue weighted by atomic mass is 10.1. The first-order valence-corrected chi connectivity index (χ1v) is 7.06. The maximum Gasteiger partial charge on any atom is 0.255 e. The molecule has 0 aliphatic heterocycles. The zero-order valence-electron chi connectivity index (χ0n) is 12.1. The second-order valence-electron chi connectivity index (χ2n) is 4.76. The predicted octanol–water partition coefficient (Wildman–Crippen LogP) is 2.90. The molecule has 0 unspecified atom stereocenters. The van der Waals surface area contributed by atoms with Crippen LogP contribution >= 0.6 is 0 Å². The molecule has 0 amide bonds. The Labute approximate surface area is 123 Å². The minimum absolute atomic E-state index is 0.0910. The molecular formula is C15H19FN4O. The Morgan fingerprint density at radius 3 is 2.76 bits per heavy atom. The SMILES string of the molecule is CCCCCc1nc(N)nnc1OCc1ccccc1F. The maximum atomic E-state index is 13.6. The van der Waals surface area contributed by atoms with E-state index in [0.717, 1.165) is 25.7 Å². The Morgan fingerprint density at radius 1 is 1.19 bits per heavy atom. The summed E-state index contributed by atoms with van der Waals surface area (Å²) in [6.07, 6.45) is 3.90. The molecule has 6 heteroatoms. The molecule has 0 radical (unpaired) electrons. The number of unbranched alkanes of at least 4 members (excludes halogenated alkanes) is 2. The van der Waals surface area contributed by atoms with Gasteiger partial charge in [-0.25, -0.2) is 9.37 Å². The summed E-state index contributed by atoms with van der Waals surface area (Å²) >= 11 is 0. The molecule has 5 nitrogen and oxygen atoms in total. The first kappa shape index (κ1) is 15.2. The van der Waals surface area contributed by atoms with Crippen molar-refractivity contribution in [2.75, 3.05) is 5.73 Å². The number of aryl methyl sites for hydroxylation is 1. The number of anilines is 1. The number of nitrogens with two attached hydrogens (primary N) is 1. The monoisotopic (exact) mass is 290 g/mol. The average Bonchev–Trinajstić information content (AvgIpc) is 2.48. The summed E-state index contributed by atoms with van der Waals surface area (Å²) in [6, 6.07) is 6.47. The van der Waals surface area contributed by atoms with Crippen LogP contribution in [0.25, 0.3) is 0 Å². The highest BCUT2D eigenvalue weighted by molar-refractivity contribution is 5.24. The van der Waals surface area contributed by atoms with Crippen molar-refractivity contribution in [1.82, 2.24) is 15.2 Å². The van der Waals surface area contributed by atoms with Gasteiger partial charge >= 0.3 is 0 Å². The highest BCUT2D eigenvalue weighted by Gasteiger charge is 2.10. The largest absolute Gasteiger partial charge is 0.470 e. The van der Waals surface area contributed by atoms with E-state index in [4.69, 9.17) is 10.5 Å². The second kappa shape index (κ2) is 7.52. The first-order chi connectivity index (χ1) is 10.2. The molecule has 0 saturated carbocycles. The third-order valence-corrected chi connectivity index (χ3v) is 3.08. The summed E-state index contributed by atoms with van der Waals surface area (Å²) in [4.78, 5) is 4.17. The van der Waals surface area contributed by atoms with Gasteiger partial charge in [0.05, 0.1) is 0 Å². The quantitative estimate of drug-likeness (QED) is 0.794. The zero-order valence-corrected chi connectivity index (χ0v) is 12.1. The Morgan fingerprint density at radius 2 is 2.00 bits per heavy atom. The first-order valence-electron chi connectivity index (χ1n) is 7.06. The number of aromatic nitrogens is 3. The van der Waals surface area contributed by atoms with Crippen molar-refractivity contribution < 1.29 is 9.13 Å². The molecule has 0 aliphatic carbocycles.